The fourth-order valence-electron chi connectivity index (χ4n) is 2.88. The Labute approximate surface area is 136 Å². The number of aromatic nitrogens is 3. The average Bonchev–Trinajstić information content (AvgIpc) is 2.48. The van der Waals surface area contributed by atoms with Gasteiger partial charge in [0, 0.05) is 36.8 Å². The zero-order chi connectivity index (χ0) is 16.6. The molecule has 0 radical (unpaired) electrons. The Kier molecular flexibility index (Phi) is 4.06. The van der Waals surface area contributed by atoms with Crippen LogP contribution >= 0.6 is 0 Å². The molecule has 0 spiro atoms. The predicted octanol–water partition coefficient (Wildman–Crippen LogP) is 2.33. The number of rotatable bonds is 2. The van der Waals surface area contributed by atoms with Crippen molar-refractivity contribution in [3.05, 3.63) is 57.0 Å². The molecule has 0 saturated heterocycles. The van der Waals surface area contributed by atoms with E-state index in [1.54, 1.807) is 0 Å². The summed E-state index contributed by atoms with van der Waals surface area (Å²) >= 11 is 0. The van der Waals surface area contributed by atoms with Crippen molar-refractivity contribution in [2.75, 3.05) is 6.54 Å². The molecule has 122 valence electrons. The zero-order valence-corrected chi connectivity index (χ0v) is 14.3. The van der Waals surface area contributed by atoms with Crippen molar-refractivity contribution in [3.8, 4) is 0 Å². The van der Waals surface area contributed by atoms with Crippen LogP contribution in [0.25, 0.3) is 0 Å². The molecule has 0 unspecified atom stereocenters. The van der Waals surface area contributed by atoms with Crippen LogP contribution in [0.4, 0.5) is 0 Å². The number of pyridine rings is 1. The second-order valence-corrected chi connectivity index (χ2v) is 7.32. The van der Waals surface area contributed by atoms with E-state index < -0.39 is 0 Å². The van der Waals surface area contributed by atoms with Crippen molar-refractivity contribution >= 4 is 0 Å². The number of hydrogen-bond acceptors (Lipinski definition) is 4. The van der Waals surface area contributed by atoms with Crippen LogP contribution in [0.1, 0.15) is 49.1 Å². The van der Waals surface area contributed by atoms with Crippen molar-refractivity contribution in [3.63, 3.8) is 0 Å². The summed E-state index contributed by atoms with van der Waals surface area (Å²) in [5.41, 5.74) is 3.91. The van der Waals surface area contributed by atoms with Gasteiger partial charge in [-0.2, -0.15) is 0 Å². The van der Waals surface area contributed by atoms with Gasteiger partial charge in [0.2, 0.25) is 0 Å². The molecule has 1 aliphatic heterocycles. The van der Waals surface area contributed by atoms with Crippen molar-refractivity contribution in [1.82, 2.24) is 19.9 Å². The van der Waals surface area contributed by atoms with Gasteiger partial charge in [0.1, 0.15) is 5.82 Å². The van der Waals surface area contributed by atoms with E-state index >= 15 is 0 Å². The number of fused-ring (bicyclic) bond motifs is 1. The summed E-state index contributed by atoms with van der Waals surface area (Å²) in [6.45, 7) is 10.6. The number of nitrogens with zero attached hydrogens (tertiary/aromatic N) is 3. The van der Waals surface area contributed by atoms with Gasteiger partial charge in [-0.05, 0) is 25.0 Å². The van der Waals surface area contributed by atoms with E-state index in [0.717, 1.165) is 42.3 Å². The lowest BCUT2D eigenvalue weighted by molar-refractivity contribution is 0.236. The molecule has 1 N–H and O–H groups in total. The van der Waals surface area contributed by atoms with E-state index in [4.69, 9.17) is 4.98 Å². The first-order valence-electron chi connectivity index (χ1n) is 8.10. The fraction of sp³-hybridized carbons (Fsp3) is 0.500. The Balaban J connectivity index is 1.87. The number of nitrogens with one attached hydrogen (secondary N) is 1. The third-order valence-corrected chi connectivity index (χ3v) is 4.35. The first-order valence-corrected chi connectivity index (χ1v) is 8.10. The van der Waals surface area contributed by atoms with Gasteiger partial charge in [0.25, 0.3) is 5.56 Å². The predicted molar refractivity (Wildman–Crippen MR) is 90.3 cm³/mol. The Morgan fingerprint density at radius 3 is 2.83 bits per heavy atom. The van der Waals surface area contributed by atoms with Crippen LogP contribution in [0.15, 0.2) is 23.1 Å². The minimum absolute atomic E-state index is 0.0218. The van der Waals surface area contributed by atoms with Crippen molar-refractivity contribution in [1.29, 1.82) is 0 Å². The lowest BCUT2D eigenvalue weighted by Crippen LogP contribution is -2.37. The minimum atomic E-state index is -0.159. The van der Waals surface area contributed by atoms with Crippen molar-refractivity contribution in [2.45, 2.75) is 52.6 Å². The second-order valence-electron chi connectivity index (χ2n) is 7.32. The van der Waals surface area contributed by atoms with Gasteiger partial charge in [-0.15, -0.1) is 0 Å². The molecule has 0 atom stereocenters. The molecule has 2 aromatic rings. The van der Waals surface area contributed by atoms with Gasteiger partial charge in [-0.25, -0.2) is 4.98 Å². The second kappa shape index (κ2) is 5.89. The molecule has 3 heterocycles. The lowest BCUT2D eigenvalue weighted by atomic mass is 9.95. The standard InChI is InChI=1S/C18H24N4O/c1-12-6-5-8-19-14(12)10-22-9-7-13-15(11-22)20-17(18(2,3)4)21-16(13)23/h5-6,8H,7,9-11H2,1-4H3,(H,20,21,23). The molecule has 0 fully saturated rings. The normalized spacial score (nSPS) is 15.5. The highest BCUT2D eigenvalue weighted by Gasteiger charge is 2.25. The van der Waals surface area contributed by atoms with Gasteiger partial charge >= 0.3 is 0 Å². The zero-order valence-electron chi connectivity index (χ0n) is 14.3. The monoisotopic (exact) mass is 312 g/mol. The quantitative estimate of drug-likeness (QED) is 0.924. The third kappa shape index (κ3) is 3.34. The Hall–Kier alpha value is -2.01. The van der Waals surface area contributed by atoms with Gasteiger partial charge in [-0.3, -0.25) is 14.7 Å². The molecule has 0 aromatic carbocycles. The summed E-state index contributed by atoms with van der Waals surface area (Å²) in [7, 11) is 0. The first kappa shape index (κ1) is 15.9. The van der Waals surface area contributed by atoms with Crippen LogP contribution in [0.3, 0.4) is 0 Å². The summed E-state index contributed by atoms with van der Waals surface area (Å²) in [5, 5.41) is 0. The molecule has 3 rings (SSSR count). The maximum Gasteiger partial charge on any atom is 0.254 e. The molecule has 0 saturated carbocycles. The molecular formula is C18H24N4O. The molecule has 0 bridgehead atoms. The summed E-state index contributed by atoms with van der Waals surface area (Å²) in [4.78, 5) is 26.8. The topological polar surface area (TPSA) is 61.9 Å². The van der Waals surface area contributed by atoms with E-state index in [0.29, 0.717) is 6.54 Å². The van der Waals surface area contributed by atoms with Crippen LogP contribution in [-0.2, 0) is 24.9 Å². The summed E-state index contributed by atoms with van der Waals surface area (Å²) in [6.07, 6.45) is 2.58. The van der Waals surface area contributed by atoms with Crippen molar-refractivity contribution < 1.29 is 0 Å². The van der Waals surface area contributed by atoms with Gasteiger partial charge in [-0.1, -0.05) is 26.8 Å². The number of hydrogen-bond donors (Lipinski definition) is 1. The largest absolute Gasteiger partial charge is 0.310 e. The summed E-state index contributed by atoms with van der Waals surface area (Å²) in [5.74, 6) is 0.761. The molecule has 5 nitrogen and oxygen atoms in total. The Morgan fingerprint density at radius 2 is 2.13 bits per heavy atom. The number of aromatic amines is 1. The van der Waals surface area contributed by atoms with Crippen LogP contribution in [-0.4, -0.2) is 26.4 Å². The van der Waals surface area contributed by atoms with E-state index in [2.05, 4.69) is 48.6 Å². The van der Waals surface area contributed by atoms with Gasteiger partial charge in [0.05, 0.1) is 11.4 Å². The highest BCUT2D eigenvalue weighted by atomic mass is 16.1. The number of aryl methyl sites for hydroxylation is 1. The molecule has 5 heteroatoms. The van der Waals surface area contributed by atoms with Crippen LogP contribution in [0, 0.1) is 6.92 Å². The summed E-state index contributed by atoms with van der Waals surface area (Å²) in [6, 6.07) is 4.04. The van der Waals surface area contributed by atoms with Crippen LogP contribution in [0.2, 0.25) is 0 Å². The smallest absolute Gasteiger partial charge is 0.254 e. The highest BCUT2D eigenvalue weighted by Crippen LogP contribution is 2.21. The molecule has 2 aromatic heterocycles. The van der Waals surface area contributed by atoms with Crippen molar-refractivity contribution in [2.24, 2.45) is 0 Å². The Bertz CT molecular complexity index is 773. The van der Waals surface area contributed by atoms with E-state index in [9.17, 15) is 4.79 Å². The third-order valence-electron chi connectivity index (χ3n) is 4.35. The highest BCUT2D eigenvalue weighted by molar-refractivity contribution is 5.23. The molecular weight excluding hydrogens is 288 g/mol. The molecule has 1 aliphatic rings. The van der Waals surface area contributed by atoms with Crippen LogP contribution < -0.4 is 5.56 Å². The molecule has 0 aliphatic carbocycles. The lowest BCUT2D eigenvalue weighted by Gasteiger charge is -2.29. The maximum atomic E-state index is 12.3. The summed E-state index contributed by atoms with van der Waals surface area (Å²) < 4.78 is 0. The Morgan fingerprint density at radius 1 is 1.35 bits per heavy atom. The molecule has 23 heavy (non-hydrogen) atoms. The van der Waals surface area contributed by atoms with Gasteiger partial charge < -0.3 is 4.98 Å². The SMILES string of the molecule is Cc1cccnc1CN1CCc2c(nc(C(C)(C)C)[nH]c2=O)C1. The van der Waals surface area contributed by atoms with Gasteiger partial charge in [0.15, 0.2) is 0 Å². The first-order chi connectivity index (χ1) is 10.8. The minimum Gasteiger partial charge on any atom is -0.310 e. The molecule has 0 amide bonds. The van der Waals surface area contributed by atoms with Crippen LogP contribution in [0.5, 0.6) is 0 Å². The average molecular weight is 312 g/mol. The van der Waals surface area contributed by atoms with E-state index in [-0.39, 0.29) is 11.0 Å². The fourth-order valence-corrected chi connectivity index (χ4v) is 2.88. The van der Waals surface area contributed by atoms with E-state index in [1.807, 2.05) is 12.3 Å². The maximum absolute atomic E-state index is 12.3. The number of H-pyrrole nitrogens is 1. The van der Waals surface area contributed by atoms with E-state index in [1.165, 1.54) is 5.56 Å².